The van der Waals surface area contributed by atoms with E-state index in [2.05, 4.69) is 5.32 Å². The predicted molar refractivity (Wildman–Crippen MR) is 181 cm³/mol. The summed E-state index contributed by atoms with van der Waals surface area (Å²) in [5.74, 6) is -0.844. The van der Waals surface area contributed by atoms with Crippen molar-refractivity contribution in [3.05, 3.63) is 138 Å². The molecule has 0 unspecified atom stereocenters. The molecule has 4 aromatic rings. The number of para-hydroxylation sites is 1. The molecule has 0 bridgehead atoms. The summed E-state index contributed by atoms with van der Waals surface area (Å²) in [6.45, 7) is 2.41. The van der Waals surface area contributed by atoms with E-state index in [1.807, 2.05) is 54.6 Å². The molecule has 4 aromatic carbocycles. The molecule has 1 aliphatic heterocycles. The van der Waals surface area contributed by atoms with E-state index < -0.39 is 17.4 Å². The minimum absolute atomic E-state index is 0.0636. The fourth-order valence-electron chi connectivity index (χ4n) is 5.74. The quantitative estimate of drug-likeness (QED) is 0.172. The second-order valence-corrected chi connectivity index (χ2v) is 11.5. The molecular weight excluding hydrogens is 594 g/mol. The monoisotopic (exact) mass is 633 g/mol. The molecule has 9 heteroatoms. The molecule has 0 radical (unpaired) electrons. The highest BCUT2D eigenvalue weighted by Gasteiger charge is 2.52. The number of aliphatic hydroxyl groups excluding tert-OH is 1. The molecule has 242 valence electrons. The lowest BCUT2D eigenvalue weighted by molar-refractivity contribution is -0.139. The van der Waals surface area contributed by atoms with Crippen LogP contribution in [0.4, 0.5) is 11.4 Å². The highest BCUT2D eigenvalue weighted by molar-refractivity contribution is 6.07. The van der Waals surface area contributed by atoms with Crippen LogP contribution in [0.15, 0.2) is 115 Å². The first kappa shape index (κ1) is 33.1. The maximum absolute atomic E-state index is 13.9. The minimum atomic E-state index is -1.82. The van der Waals surface area contributed by atoms with Gasteiger partial charge >= 0.3 is 0 Å². The van der Waals surface area contributed by atoms with Crippen LogP contribution < -0.4 is 15.0 Å². The molecule has 5 rings (SSSR count). The van der Waals surface area contributed by atoms with Gasteiger partial charge in [-0.25, -0.2) is 0 Å². The Morgan fingerprint density at radius 3 is 2.30 bits per heavy atom. The lowest BCUT2D eigenvalue weighted by atomic mass is 9.83. The van der Waals surface area contributed by atoms with Crippen molar-refractivity contribution in [1.82, 2.24) is 4.90 Å². The summed E-state index contributed by atoms with van der Waals surface area (Å²) in [7, 11) is 1.57. The van der Waals surface area contributed by atoms with Gasteiger partial charge in [0.25, 0.3) is 11.8 Å². The third-order valence-corrected chi connectivity index (χ3v) is 8.40. The fourth-order valence-corrected chi connectivity index (χ4v) is 5.74. The van der Waals surface area contributed by atoms with E-state index >= 15 is 0 Å². The molecule has 1 heterocycles. The number of benzene rings is 4. The van der Waals surface area contributed by atoms with Crippen LogP contribution in [0.3, 0.4) is 0 Å². The van der Waals surface area contributed by atoms with Crippen LogP contribution in [0.2, 0.25) is 0 Å². The van der Waals surface area contributed by atoms with Crippen molar-refractivity contribution >= 4 is 29.1 Å². The second-order valence-electron chi connectivity index (χ2n) is 11.5. The maximum Gasteiger partial charge on any atom is 0.264 e. The largest absolute Gasteiger partial charge is 0.497 e. The van der Waals surface area contributed by atoms with E-state index in [0.29, 0.717) is 34.8 Å². The zero-order valence-corrected chi connectivity index (χ0v) is 26.5. The van der Waals surface area contributed by atoms with E-state index in [1.54, 1.807) is 84.5 Å². The molecule has 47 heavy (non-hydrogen) atoms. The van der Waals surface area contributed by atoms with Crippen molar-refractivity contribution in [2.75, 3.05) is 30.5 Å². The average molecular weight is 634 g/mol. The smallest absolute Gasteiger partial charge is 0.264 e. The van der Waals surface area contributed by atoms with Crippen molar-refractivity contribution in [3.63, 3.8) is 0 Å². The summed E-state index contributed by atoms with van der Waals surface area (Å²) in [6, 6.07) is 30.8. The zero-order valence-electron chi connectivity index (χ0n) is 26.5. The predicted octanol–water partition coefficient (Wildman–Crippen LogP) is 5.29. The molecule has 0 fully saturated rings. The first-order valence-corrected chi connectivity index (χ1v) is 15.5. The van der Waals surface area contributed by atoms with Gasteiger partial charge in [0.2, 0.25) is 5.91 Å². The molecule has 0 saturated carbocycles. The van der Waals surface area contributed by atoms with Crippen molar-refractivity contribution in [3.8, 4) is 5.75 Å². The van der Waals surface area contributed by atoms with Crippen molar-refractivity contribution in [1.29, 1.82) is 0 Å². The first-order valence-electron chi connectivity index (χ1n) is 15.5. The van der Waals surface area contributed by atoms with Crippen LogP contribution in [0.5, 0.6) is 5.75 Å². The Kier molecular flexibility index (Phi) is 10.5. The molecule has 2 atom stereocenters. The molecule has 1 aliphatic rings. The molecule has 9 nitrogen and oxygen atoms in total. The van der Waals surface area contributed by atoms with Gasteiger partial charge in [-0.15, -0.1) is 0 Å². The number of fused-ring (bicyclic) bond motifs is 1. The number of nitrogens with one attached hydrogen (secondary N) is 1. The Balaban J connectivity index is 1.25. The number of anilines is 2. The average Bonchev–Trinajstić information content (AvgIpc) is 3.31. The maximum atomic E-state index is 13.9. The van der Waals surface area contributed by atoms with Gasteiger partial charge in [0.05, 0.1) is 25.9 Å². The summed E-state index contributed by atoms with van der Waals surface area (Å²) in [5, 5.41) is 24.3. The van der Waals surface area contributed by atoms with E-state index in [9.17, 15) is 24.6 Å². The molecule has 0 aromatic heterocycles. The van der Waals surface area contributed by atoms with Crippen molar-refractivity contribution in [2.24, 2.45) is 5.92 Å². The Morgan fingerprint density at radius 2 is 1.62 bits per heavy atom. The van der Waals surface area contributed by atoms with Crippen LogP contribution in [-0.4, -0.2) is 53.1 Å². The summed E-state index contributed by atoms with van der Waals surface area (Å²) < 4.78 is 5.15. The molecule has 0 spiro atoms. The van der Waals surface area contributed by atoms with Gasteiger partial charge < -0.3 is 30.1 Å². The lowest BCUT2D eigenvalue weighted by Gasteiger charge is -2.28. The molecular formula is C38H39N3O6. The highest BCUT2D eigenvalue weighted by Crippen LogP contribution is 2.45. The van der Waals surface area contributed by atoms with E-state index in [1.165, 1.54) is 0 Å². The van der Waals surface area contributed by atoms with E-state index in [-0.39, 0.29) is 37.9 Å². The van der Waals surface area contributed by atoms with Crippen LogP contribution in [0.1, 0.15) is 40.4 Å². The van der Waals surface area contributed by atoms with Crippen LogP contribution in [-0.2, 0) is 28.3 Å². The van der Waals surface area contributed by atoms with Gasteiger partial charge in [0.15, 0.2) is 5.60 Å². The van der Waals surface area contributed by atoms with Crippen LogP contribution in [0, 0.1) is 5.92 Å². The molecule has 3 amide bonds. The lowest BCUT2D eigenvalue weighted by Crippen LogP contribution is -2.44. The summed E-state index contributed by atoms with van der Waals surface area (Å²) in [6.07, 6.45) is 3.45. The number of methoxy groups -OCH3 is 1. The third-order valence-electron chi connectivity index (χ3n) is 8.40. The Hall–Kier alpha value is -5.25. The zero-order chi connectivity index (χ0) is 33.4. The number of hydrogen-bond donors (Lipinski definition) is 3. The Morgan fingerprint density at radius 1 is 0.936 bits per heavy atom. The molecule has 3 N–H and O–H groups in total. The van der Waals surface area contributed by atoms with Gasteiger partial charge in [-0.2, -0.15) is 0 Å². The van der Waals surface area contributed by atoms with Gasteiger partial charge in [0, 0.05) is 42.2 Å². The van der Waals surface area contributed by atoms with E-state index in [4.69, 9.17) is 4.74 Å². The van der Waals surface area contributed by atoms with Gasteiger partial charge in [-0.3, -0.25) is 14.4 Å². The molecule has 0 saturated heterocycles. The summed E-state index contributed by atoms with van der Waals surface area (Å²) >= 11 is 0. The number of amides is 3. The third kappa shape index (κ3) is 7.43. The number of carbonyl (C=O) groups is 3. The molecule has 0 aliphatic carbocycles. The van der Waals surface area contributed by atoms with Gasteiger partial charge in [-0.05, 0) is 53.6 Å². The van der Waals surface area contributed by atoms with Gasteiger partial charge in [0.1, 0.15) is 5.75 Å². The number of aliphatic hydroxyl groups is 2. The SMILES string of the molecule is COc1ccc(C(=O)Nc2ccc(CN3C(=O)[C@@](O)([C@@H](C)/C=C/CC(=O)N(CCO)Cc4ccccc4)c4ccccc43)cc2)cc1. The number of rotatable bonds is 13. The van der Waals surface area contributed by atoms with Crippen molar-refractivity contribution in [2.45, 2.75) is 32.0 Å². The number of nitrogens with zero attached hydrogens (tertiary/aromatic N) is 2. The summed E-state index contributed by atoms with van der Waals surface area (Å²) in [4.78, 5) is 42.8. The topological polar surface area (TPSA) is 119 Å². The van der Waals surface area contributed by atoms with Crippen LogP contribution in [0.25, 0.3) is 0 Å². The van der Waals surface area contributed by atoms with Crippen LogP contribution >= 0.6 is 0 Å². The van der Waals surface area contributed by atoms with Crippen molar-refractivity contribution < 1.29 is 29.3 Å². The number of ether oxygens (including phenoxy) is 1. The van der Waals surface area contributed by atoms with Gasteiger partial charge in [-0.1, -0.05) is 79.7 Å². The first-order chi connectivity index (χ1) is 22.7. The van der Waals surface area contributed by atoms with E-state index in [0.717, 1.165) is 11.1 Å². The normalized spacial score (nSPS) is 16.2. The highest BCUT2D eigenvalue weighted by atomic mass is 16.5. The number of carbonyl (C=O) groups excluding carboxylic acids is 3. The Bertz CT molecular complexity index is 1720. The number of hydrogen-bond acceptors (Lipinski definition) is 6. The fraction of sp³-hybridized carbons (Fsp3) is 0.237. The second kappa shape index (κ2) is 14.9. The standard InChI is InChI=1S/C38H39N3O6/c1-27(9-8-14-35(43)40(23-24-42)25-28-10-4-3-5-11-28)38(46)33-12-6-7-13-34(33)41(37(38)45)26-29-15-19-31(20-16-29)39-36(44)30-17-21-32(47-2)22-18-30/h3-13,15-22,27,42,46H,14,23-26H2,1-2H3,(H,39,44)/b9-8+/t27-,38+/m0/s1. The summed E-state index contributed by atoms with van der Waals surface area (Å²) in [5.41, 5.74) is 2.17. The minimum Gasteiger partial charge on any atom is -0.497 e. The Labute approximate surface area is 274 Å².